The number of ether oxygens (including phenoxy) is 2. The van der Waals surface area contributed by atoms with Gasteiger partial charge in [0.1, 0.15) is 19.8 Å². The number of carbonyl (C=O) groups excluding carboxylic acids is 2. The summed E-state index contributed by atoms with van der Waals surface area (Å²) in [4.78, 5) is 23.5. The van der Waals surface area contributed by atoms with Gasteiger partial charge in [0.15, 0.2) is 0 Å². The highest BCUT2D eigenvalue weighted by atomic mass is 32.1. The third-order valence-corrected chi connectivity index (χ3v) is 4.10. The van der Waals surface area contributed by atoms with Crippen molar-refractivity contribution in [2.45, 2.75) is 0 Å². The van der Waals surface area contributed by atoms with E-state index in [-0.39, 0.29) is 0 Å². The van der Waals surface area contributed by atoms with Gasteiger partial charge in [0.2, 0.25) is 0 Å². The molecule has 0 aliphatic rings. The lowest BCUT2D eigenvalue weighted by Gasteiger charge is -1.91. The summed E-state index contributed by atoms with van der Waals surface area (Å²) in [5.41, 5.74) is 0. The fourth-order valence-electron chi connectivity index (χ4n) is 1.28. The summed E-state index contributed by atoms with van der Waals surface area (Å²) in [7, 11) is 2.65. The van der Waals surface area contributed by atoms with Gasteiger partial charge in [0.05, 0.1) is 14.2 Å². The molecule has 0 aliphatic heterocycles. The summed E-state index contributed by atoms with van der Waals surface area (Å²) < 4.78 is 9.21. The zero-order valence-corrected chi connectivity index (χ0v) is 12.3. The van der Waals surface area contributed by atoms with E-state index in [0.29, 0.717) is 19.8 Å². The first-order valence-electron chi connectivity index (χ1n) is 5.42. The molecular weight excluding hydrogens is 300 g/mol. The minimum atomic E-state index is -0.402. The van der Waals surface area contributed by atoms with Gasteiger partial charge in [-0.05, 0) is 24.3 Å². The summed E-state index contributed by atoms with van der Waals surface area (Å²) in [5, 5.41) is 9.18. The highest BCUT2D eigenvalue weighted by Crippen LogP contribution is 2.30. The SMILES string of the molecule is COC(=O)c1ccc(N=Nc2ccc(C(=O)OC)s2)s1. The Morgan fingerprint density at radius 3 is 1.60 bits per heavy atom. The van der Waals surface area contributed by atoms with Crippen LogP contribution in [-0.2, 0) is 9.47 Å². The first-order valence-corrected chi connectivity index (χ1v) is 7.05. The summed E-state index contributed by atoms with van der Waals surface area (Å²) >= 11 is 2.36. The molecule has 0 fully saturated rings. The molecular formula is C12H10N2O4S2. The molecule has 0 radical (unpaired) electrons. The third-order valence-electron chi connectivity index (χ3n) is 2.20. The van der Waals surface area contributed by atoms with Gasteiger partial charge in [-0.2, -0.15) is 0 Å². The molecule has 2 aromatic heterocycles. The lowest BCUT2D eigenvalue weighted by atomic mass is 10.5. The Morgan fingerprint density at radius 1 is 0.850 bits per heavy atom. The zero-order valence-electron chi connectivity index (χ0n) is 10.7. The van der Waals surface area contributed by atoms with Crippen LogP contribution >= 0.6 is 22.7 Å². The average molecular weight is 310 g/mol. The van der Waals surface area contributed by atoms with Gasteiger partial charge in [0, 0.05) is 0 Å². The summed E-state index contributed by atoms with van der Waals surface area (Å²) in [6.07, 6.45) is 0. The van der Waals surface area contributed by atoms with Crippen LogP contribution in [0.1, 0.15) is 19.3 Å². The maximum Gasteiger partial charge on any atom is 0.348 e. The number of methoxy groups -OCH3 is 2. The van der Waals surface area contributed by atoms with Gasteiger partial charge in [-0.1, -0.05) is 0 Å². The van der Waals surface area contributed by atoms with Crippen molar-refractivity contribution < 1.29 is 19.1 Å². The van der Waals surface area contributed by atoms with Crippen LogP contribution < -0.4 is 0 Å². The average Bonchev–Trinajstić information content (AvgIpc) is 3.12. The standard InChI is InChI=1S/C12H10N2O4S2/c1-17-11(15)7-3-5-9(19-7)13-14-10-6-4-8(20-10)12(16)18-2/h3-6H,1-2H3. The van der Waals surface area contributed by atoms with Crippen molar-refractivity contribution in [3.05, 3.63) is 34.0 Å². The molecule has 6 nitrogen and oxygen atoms in total. The number of esters is 2. The van der Waals surface area contributed by atoms with Gasteiger partial charge < -0.3 is 9.47 Å². The van der Waals surface area contributed by atoms with Crippen LogP contribution in [0.5, 0.6) is 0 Å². The molecule has 0 spiro atoms. The molecule has 0 unspecified atom stereocenters. The smallest absolute Gasteiger partial charge is 0.348 e. The lowest BCUT2D eigenvalue weighted by molar-refractivity contribution is 0.0597. The predicted molar refractivity (Wildman–Crippen MR) is 75.5 cm³/mol. The quantitative estimate of drug-likeness (QED) is 0.635. The number of thiophene rings is 2. The molecule has 0 saturated carbocycles. The second kappa shape index (κ2) is 6.40. The number of hydrogen-bond donors (Lipinski definition) is 0. The van der Waals surface area contributed by atoms with E-state index >= 15 is 0 Å². The van der Waals surface area contributed by atoms with E-state index in [9.17, 15) is 9.59 Å². The number of rotatable bonds is 4. The normalized spacial score (nSPS) is 10.7. The zero-order chi connectivity index (χ0) is 14.5. The van der Waals surface area contributed by atoms with Crippen LogP contribution in [0, 0.1) is 0 Å². The summed E-state index contributed by atoms with van der Waals surface area (Å²) in [5.74, 6) is -0.805. The first-order chi connectivity index (χ1) is 9.63. The minimum Gasteiger partial charge on any atom is -0.465 e. The van der Waals surface area contributed by atoms with Crippen molar-refractivity contribution in [3.8, 4) is 0 Å². The highest BCUT2D eigenvalue weighted by Gasteiger charge is 2.10. The van der Waals surface area contributed by atoms with E-state index in [2.05, 4.69) is 19.7 Å². The van der Waals surface area contributed by atoms with E-state index in [1.54, 1.807) is 24.3 Å². The van der Waals surface area contributed by atoms with Crippen molar-refractivity contribution in [1.29, 1.82) is 0 Å². The topological polar surface area (TPSA) is 77.3 Å². The minimum absolute atomic E-state index is 0.402. The van der Waals surface area contributed by atoms with Gasteiger partial charge >= 0.3 is 11.9 Å². The van der Waals surface area contributed by atoms with Crippen LogP contribution in [0.2, 0.25) is 0 Å². The van der Waals surface area contributed by atoms with Crippen LogP contribution in [0.4, 0.5) is 10.0 Å². The molecule has 0 aromatic carbocycles. The lowest BCUT2D eigenvalue weighted by Crippen LogP contribution is -1.96. The fraction of sp³-hybridized carbons (Fsp3) is 0.167. The van der Waals surface area contributed by atoms with Crippen molar-refractivity contribution >= 4 is 44.6 Å². The monoisotopic (exact) mass is 310 g/mol. The maximum atomic E-state index is 11.3. The Labute approximate surface area is 122 Å². The Balaban J connectivity index is 2.09. The second-order valence-corrected chi connectivity index (χ2v) is 5.58. The first kappa shape index (κ1) is 14.4. The maximum absolute atomic E-state index is 11.3. The Hall–Kier alpha value is -2.06. The number of carbonyl (C=O) groups is 2. The molecule has 2 rings (SSSR count). The fourth-order valence-corrected chi connectivity index (χ4v) is 2.77. The molecule has 0 saturated heterocycles. The van der Waals surface area contributed by atoms with E-state index in [4.69, 9.17) is 0 Å². The number of hydrogen-bond acceptors (Lipinski definition) is 8. The van der Waals surface area contributed by atoms with Crippen LogP contribution in [-0.4, -0.2) is 26.2 Å². The third kappa shape index (κ3) is 3.28. The van der Waals surface area contributed by atoms with E-state index < -0.39 is 11.9 Å². The second-order valence-electron chi connectivity index (χ2n) is 3.46. The summed E-state index contributed by atoms with van der Waals surface area (Å²) in [6, 6.07) is 6.60. The molecule has 8 heteroatoms. The molecule has 104 valence electrons. The Morgan fingerprint density at radius 2 is 1.25 bits per heavy atom. The molecule has 20 heavy (non-hydrogen) atoms. The predicted octanol–water partition coefficient (Wildman–Crippen LogP) is 3.80. The van der Waals surface area contributed by atoms with E-state index in [0.717, 1.165) is 0 Å². The molecule has 0 bridgehead atoms. The van der Waals surface area contributed by atoms with Crippen molar-refractivity contribution in [1.82, 2.24) is 0 Å². The Bertz CT molecular complexity index is 604. The van der Waals surface area contributed by atoms with Gasteiger partial charge in [-0.3, -0.25) is 0 Å². The van der Waals surface area contributed by atoms with E-state index in [1.165, 1.54) is 36.9 Å². The molecule has 2 aromatic rings. The van der Waals surface area contributed by atoms with Crippen molar-refractivity contribution in [3.63, 3.8) is 0 Å². The van der Waals surface area contributed by atoms with Gasteiger partial charge in [-0.25, -0.2) is 9.59 Å². The van der Waals surface area contributed by atoms with E-state index in [1.807, 2.05) is 0 Å². The van der Waals surface area contributed by atoms with Crippen LogP contribution in [0.25, 0.3) is 0 Å². The van der Waals surface area contributed by atoms with Gasteiger partial charge in [-0.15, -0.1) is 32.9 Å². The molecule has 0 aliphatic carbocycles. The highest BCUT2D eigenvalue weighted by molar-refractivity contribution is 7.18. The largest absolute Gasteiger partial charge is 0.465 e. The number of nitrogens with zero attached hydrogens (tertiary/aromatic N) is 2. The molecule has 0 N–H and O–H groups in total. The van der Waals surface area contributed by atoms with Gasteiger partial charge in [0.25, 0.3) is 0 Å². The molecule has 0 amide bonds. The van der Waals surface area contributed by atoms with Crippen molar-refractivity contribution in [2.75, 3.05) is 14.2 Å². The number of azo groups is 1. The summed E-state index contributed by atoms with van der Waals surface area (Å²) in [6.45, 7) is 0. The molecule has 2 heterocycles. The van der Waals surface area contributed by atoms with Crippen LogP contribution in [0.15, 0.2) is 34.5 Å². The Kier molecular flexibility index (Phi) is 4.59. The van der Waals surface area contributed by atoms with Crippen molar-refractivity contribution in [2.24, 2.45) is 10.2 Å². The van der Waals surface area contributed by atoms with Crippen LogP contribution in [0.3, 0.4) is 0 Å². The molecule has 0 atom stereocenters.